The van der Waals surface area contributed by atoms with Gasteiger partial charge >= 0.3 is 0 Å². The normalized spacial score (nSPS) is 17.5. The van der Waals surface area contributed by atoms with Crippen LogP contribution in [0.3, 0.4) is 0 Å². The van der Waals surface area contributed by atoms with Crippen LogP contribution >= 0.6 is 23.1 Å². The third-order valence-electron chi connectivity index (χ3n) is 3.59. The van der Waals surface area contributed by atoms with E-state index in [4.69, 9.17) is 9.47 Å². The molecule has 1 aromatic heterocycles. The van der Waals surface area contributed by atoms with Crippen molar-refractivity contribution in [2.24, 2.45) is 0 Å². The molecule has 0 radical (unpaired) electrons. The molecule has 0 bridgehead atoms. The number of benzene rings is 1. The maximum atomic E-state index is 12.7. The second-order valence-corrected chi connectivity index (χ2v) is 6.94. The summed E-state index contributed by atoms with van der Waals surface area (Å²) >= 11 is 3.24. The first-order valence-corrected chi connectivity index (χ1v) is 8.85. The summed E-state index contributed by atoms with van der Waals surface area (Å²) < 4.78 is 10.7. The second-order valence-electron chi connectivity index (χ2n) is 4.81. The molecular weight excluding hydrogens is 318 g/mol. The summed E-state index contributed by atoms with van der Waals surface area (Å²) in [6.07, 6.45) is 0. The fourth-order valence-corrected chi connectivity index (χ4v) is 4.46. The van der Waals surface area contributed by atoms with Crippen LogP contribution in [0.5, 0.6) is 11.5 Å². The Labute approximate surface area is 138 Å². The highest BCUT2D eigenvalue weighted by molar-refractivity contribution is 7.99. The monoisotopic (exact) mass is 335 g/mol. The minimum atomic E-state index is -0.0181. The van der Waals surface area contributed by atoms with E-state index in [0.717, 1.165) is 34.2 Å². The van der Waals surface area contributed by atoms with Crippen molar-refractivity contribution < 1.29 is 14.3 Å². The average molecular weight is 335 g/mol. The number of ether oxygens (including phenoxy) is 2. The number of hydrogen-bond donors (Lipinski definition) is 0. The van der Waals surface area contributed by atoms with Crippen molar-refractivity contribution >= 4 is 29.0 Å². The van der Waals surface area contributed by atoms with Crippen LogP contribution in [-0.2, 0) is 0 Å². The van der Waals surface area contributed by atoms with Crippen molar-refractivity contribution in [2.75, 3.05) is 26.5 Å². The molecule has 2 heterocycles. The predicted molar refractivity (Wildman–Crippen MR) is 90.1 cm³/mol. The first-order chi connectivity index (χ1) is 10.7. The Balaban J connectivity index is 1.91. The smallest absolute Gasteiger partial charge is 0.265 e. The Bertz CT molecular complexity index is 657. The molecule has 22 heavy (non-hydrogen) atoms. The van der Waals surface area contributed by atoms with Crippen molar-refractivity contribution in [3.63, 3.8) is 0 Å². The zero-order chi connectivity index (χ0) is 15.5. The molecule has 1 aromatic carbocycles. The molecule has 2 aromatic rings. The van der Waals surface area contributed by atoms with Gasteiger partial charge in [-0.25, -0.2) is 0 Å². The largest absolute Gasteiger partial charge is 0.497 e. The van der Waals surface area contributed by atoms with Gasteiger partial charge in [-0.3, -0.25) is 4.79 Å². The SMILES string of the molecule is COc1ccc(C2SCCN2C(=O)c2cccs2)c(OC)c1. The number of methoxy groups -OCH3 is 2. The van der Waals surface area contributed by atoms with Gasteiger partial charge in [0.05, 0.1) is 19.1 Å². The summed E-state index contributed by atoms with van der Waals surface area (Å²) in [5, 5.41) is 1.91. The number of amides is 1. The zero-order valence-electron chi connectivity index (χ0n) is 12.4. The lowest BCUT2D eigenvalue weighted by molar-refractivity contribution is 0.0764. The number of rotatable bonds is 4. The van der Waals surface area contributed by atoms with Gasteiger partial charge in [0.25, 0.3) is 5.91 Å². The summed E-state index contributed by atoms with van der Waals surface area (Å²) in [6, 6.07) is 9.53. The van der Waals surface area contributed by atoms with Crippen LogP contribution < -0.4 is 9.47 Å². The first-order valence-electron chi connectivity index (χ1n) is 6.92. The van der Waals surface area contributed by atoms with E-state index in [0.29, 0.717) is 0 Å². The molecule has 1 fully saturated rings. The Morgan fingerprint density at radius 2 is 2.14 bits per heavy atom. The van der Waals surface area contributed by atoms with Gasteiger partial charge in [-0.15, -0.1) is 23.1 Å². The maximum Gasteiger partial charge on any atom is 0.265 e. The summed E-state index contributed by atoms with van der Waals surface area (Å²) in [7, 11) is 3.27. The number of carbonyl (C=O) groups is 1. The standard InChI is InChI=1S/C16H17NO3S2/c1-19-11-5-6-12(13(10-11)20-2)16-17(7-9-22-16)15(18)14-4-3-8-21-14/h3-6,8,10,16H,7,9H2,1-2H3. The van der Waals surface area contributed by atoms with Crippen molar-refractivity contribution in [3.8, 4) is 11.5 Å². The van der Waals surface area contributed by atoms with Crippen molar-refractivity contribution in [3.05, 3.63) is 46.2 Å². The summed E-state index contributed by atoms with van der Waals surface area (Å²) in [5.74, 6) is 2.52. The van der Waals surface area contributed by atoms with Crippen LogP contribution in [-0.4, -0.2) is 37.3 Å². The highest BCUT2D eigenvalue weighted by atomic mass is 32.2. The fraction of sp³-hybridized carbons (Fsp3) is 0.312. The molecule has 6 heteroatoms. The van der Waals surface area contributed by atoms with Crippen LogP contribution in [0.2, 0.25) is 0 Å². The molecule has 116 valence electrons. The molecule has 1 amide bonds. The highest BCUT2D eigenvalue weighted by Crippen LogP contribution is 2.43. The maximum absolute atomic E-state index is 12.7. The number of thiophene rings is 1. The van der Waals surface area contributed by atoms with Crippen molar-refractivity contribution in [1.29, 1.82) is 0 Å². The third-order valence-corrected chi connectivity index (χ3v) is 5.69. The predicted octanol–water partition coefficient (Wildman–Crippen LogP) is 3.65. The van der Waals surface area contributed by atoms with Crippen LogP contribution in [0, 0.1) is 0 Å². The van der Waals surface area contributed by atoms with Gasteiger partial charge in [-0.05, 0) is 23.6 Å². The van der Waals surface area contributed by atoms with Crippen LogP contribution in [0.1, 0.15) is 20.6 Å². The topological polar surface area (TPSA) is 38.8 Å². The average Bonchev–Trinajstić information content (AvgIpc) is 3.24. The van der Waals surface area contributed by atoms with E-state index in [-0.39, 0.29) is 11.3 Å². The lowest BCUT2D eigenvalue weighted by Gasteiger charge is -2.25. The molecule has 0 saturated carbocycles. The van der Waals surface area contributed by atoms with E-state index in [1.807, 2.05) is 40.6 Å². The van der Waals surface area contributed by atoms with E-state index < -0.39 is 0 Å². The van der Waals surface area contributed by atoms with E-state index in [1.54, 1.807) is 26.0 Å². The molecular formula is C16H17NO3S2. The van der Waals surface area contributed by atoms with E-state index in [1.165, 1.54) is 11.3 Å². The number of nitrogens with zero attached hydrogens (tertiary/aromatic N) is 1. The van der Waals surface area contributed by atoms with Gasteiger partial charge in [0.2, 0.25) is 0 Å². The zero-order valence-corrected chi connectivity index (χ0v) is 14.1. The minimum Gasteiger partial charge on any atom is -0.497 e. The van der Waals surface area contributed by atoms with Crippen LogP contribution in [0.4, 0.5) is 0 Å². The van der Waals surface area contributed by atoms with E-state index in [9.17, 15) is 4.79 Å². The highest BCUT2D eigenvalue weighted by Gasteiger charge is 2.33. The second kappa shape index (κ2) is 6.62. The fourth-order valence-electron chi connectivity index (χ4n) is 2.50. The quantitative estimate of drug-likeness (QED) is 0.855. The first kappa shape index (κ1) is 15.2. The molecule has 0 aliphatic carbocycles. The van der Waals surface area contributed by atoms with Crippen molar-refractivity contribution in [1.82, 2.24) is 4.90 Å². The lowest BCUT2D eigenvalue weighted by Crippen LogP contribution is -2.30. The van der Waals surface area contributed by atoms with Crippen molar-refractivity contribution in [2.45, 2.75) is 5.37 Å². The van der Waals surface area contributed by atoms with Gasteiger partial charge < -0.3 is 14.4 Å². The van der Waals surface area contributed by atoms with Crippen LogP contribution in [0.25, 0.3) is 0 Å². The Morgan fingerprint density at radius 1 is 1.27 bits per heavy atom. The van der Waals surface area contributed by atoms with Crippen LogP contribution in [0.15, 0.2) is 35.7 Å². The van der Waals surface area contributed by atoms with E-state index in [2.05, 4.69) is 0 Å². The molecule has 1 unspecified atom stereocenters. The van der Waals surface area contributed by atoms with Gasteiger partial charge in [0.1, 0.15) is 16.9 Å². The number of thioether (sulfide) groups is 1. The molecule has 0 spiro atoms. The summed E-state index contributed by atoms with van der Waals surface area (Å²) in [4.78, 5) is 15.4. The third kappa shape index (κ3) is 2.80. The van der Waals surface area contributed by atoms with Gasteiger partial charge in [-0.2, -0.15) is 0 Å². The van der Waals surface area contributed by atoms with E-state index >= 15 is 0 Å². The molecule has 1 aliphatic rings. The number of carbonyl (C=O) groups excluding carboxylic acids is 1. The summed E-state index contributed by atoms with van der Waals surface area (Å²) in [6.45, 7) is 0.751. The molecule has 1 saturated heterocycles. The molecule has 1 aliphatic heterocycles. The Morgan fingerprint density at radius 3 is 2.82 bits per heavy atom. The van der Waals surface area contributed by atoms with Gasteiger partial charge in [-0.1, -0.05) is 6.07 Å². The number of hydrogen-bond acceptors (Lipinski definition) is 5. The molecule has 0 N–H and O–H groups in total. The van der Waals surface area contributed by atoms with Gasteiger partial charge in [0, 0.05) is 23.9 Å². The Kier molecular flexibility index (Phi) is 4.59. The molecule has 1 atom stereocenters. The lowest BCUT2D eigenvalue weighted by atomic mass is 10.1. The summed E-state index contributed by atoms with van der Waals surface area (Å²) in [5.41, 5.74) is 1.01. The minimum absolute atomic E-state index is 0.0181. The van der Waals surface area contributed by atoms with Gasteiger partial charge in [0.15, 0.2) is 0 Å². The molecule has 3 rings (SSSR count). The molecule has 4 nitrogen and oxygen atoms in total. The Hall–Kier alpha value is -1.66.